The molecule has 0 aromatic heterocycles. The first-order chi connectivity index (χ1) is 14.4. The molecule has 0 heterocycles. The zero-order chi connectivity index (χ0) is 21.7. The molecule has 1 N–H and O–H groups in total. The van der Waals surface area contributed by atoms with Crippen molar-refractivity contribution in [3.63, 3.8) is 0 Å². The molecule has 0 radical (unpaired) electrons. The van der Waals surface area contributed by atoms with E-state index >= 15 is 0 Å². The number of ether oxygens (including phenoxy) is 1. The molecule has 0 atom stereocenters. The summed E-state index contributed by atoms with van der Waals surface area (Å²) in [4.78, 5) is 12.5. The first kappa shape index (κ1) is 22.1. The lowest BCUT2D eigenvalue weighted by atomic mass is 10.1. The minimum absolute atomic E-state index is 0.0703. The Morgan fingerprint density at radius 2 is 1.73 bits per heavy atom. The van der Waals surface area contributed by atoms with Crippen LogP contribution in [0.2, 0.25) is 5.02 Å². The molecule has 0 saturated carbocycles. The lowest BCUT2D eigenvalue weighted by molar-refractivity contribution is -0.118. The molecule has 6 nitrogen and oxygen atoms in total. The maximum atomic E-state index is 12.7. The van der Waals surface area contributed by atoms with Crippen molar-refractivity contribution in [2.75, 3.05) is 25.0 Å². The molecule has 30 heavy (non-hydrogen) atoms. The second kappa shape index (κ2) is 9.47. The molecule has 3 rings (SSSR count). The second-order valence-corrected chi connectivity index (χ2v) is 8.89. The highest BCUT2D eigenvalue weighted by molar-refractivity contribution is 7.89. The third-order valence-corrected chi connectivity index (χ3v) is 7.04. The van der Waals surface area contributed by atoms with Gasteiger partial charge in [0, 0.05) is 18.5 Å². The van der Waals surface area contributed by atoms with E-state index in [-0.39, 0.29) is 22.2 Å². The van der Waals surface area contributed by atoms with E-state index in [9.17, 15) is 13.2 Å². The number of rotatable bonds is 8. The second-order valence-electron chi connectivity index (χ2n) is 6.55. The zero-order valence-corrected chi connectivity index (χ0v) is 18.3. The lowest BCUT2D eigenvalue weighted by Gasteiger charge is -2.19. The largest absolute Gasteiger partial charge is 0.483 e. The first-order valence-corrected chi connectivity index (χ1v) is 11.4. The summed E-state index contributed by atoms with van der Waals surface area (Å²) in [6.45, 7) is 4.00. The van der Waals surface area contributed by atoms with Crippen molar-refractivity contribution >= 4 is 44.0 Å². The molecule has 0 bridgehead atoms. The van der Waals surface area contributed by atoms with Crippen molar-refractivity contribution in [3.8, 4) is 5.75 Å². The topological polar surface area (TPSA) is 75.7 Å². The molecule has 158 valence electrons. The monoisotopic (exact) mass is 446 g/mol. The van der Waals surface area contributed by atoms with Crippen LogP contribution in [0.4, 0.5) is 5.69 Å². The van der Waals surface area contributed by atoms with Crippen LogP contribution in [0.15, 0.2) is 65.6 Å². The van der Waals surface area contributed by atoms with Gasteiger partial charge in [0.15, 0.2) is 6.61 Å². The van der Waals surface area contributed by atoms with Crippen LogP contribution >= 0.6 is 11.6 Å². The Labute approximate surface area is 181 Å². The minimum Gasteiger partial charge on any atom is -0.483 e. The summed E-state index contributed by atoms with van der Waals surface area (Å²) >= 11 is 6.17. The Bertz CT molecular complexity index is 1160. The fourth-order valence-corrected chi connectivity index (χ4v) is 4.77. The standard InChI is InChI=1S/C22H23ClN2O4S/c1-3-25(4-2)30(27,28)17-12-13-19(23)20(14-17)24-22(26)15-29-21-11-7-9-16-8-5-6-10-18(16)21/h5-14H,3-4,15H2,1-2H3,(H,24,26). The van der Waals surface area contributed by atoms with Crippen LogP contribution in [0.1, 0.15) is 13.8 Å². The molecule has 0 aliphatic heterocycles. The van der Waals surface area contributed by atoms with Gasteiger partial charge in [-0.05, 0) is 29.7 Å². The number of carbonyl (C=O) groups is 1. The predicted octanol–water partition coefficient (Wildman–Crippen LogP) is 4.54. The molecule has 8 heteroatoms. The minimum atomic E-state index is -3.66. The fourth-order valence-electron chi connectivity index (χ4n) is 3.12. The molecule has 3 aromatic carbocycles. The van der Waals surface area contributed by atoms with Gasteiger partial charge in [-0.25, -0.2) is 8.42 Å². The number of fused-ring (bicyclic) bond motifs is 1. The van der Waals surface area contributed by atoms with Crippen molar-refractivity contribution in [1.29, 1.82) is 0 Å². The summed E-state index contributed by atoms with van der Waals surface area (Å²) in [5, 5.41) is 4.79. The van der Waals surface area contributed by atoms with E-state index in [1.807, 2.05) is 36.4 Å². The summed E-state index contributed by atoms with van der Waals surface area (Å²) in [5.74, 6) is 0.148. The van der Waals surface area contributed by atoms with Gasteiger partial charge in [0.25, 0.3) is 5.91 Å². The Morgan fingerprint density at radius 1 is 1.03 bits per heavy atom. The number of hydrogen-bond donors (Lipinski definition) is 1. The van der Waals surface area contributed by atoms with Crippen LogP contribution in [-0.4, -0.2) is 38.3 Å². The van der Waals surface area contributed by atoms with Crippen molar-refractivity contribution < 1.29 is 17.9 Å². The zero-order valence-electron chi connectivity index (χ0n) is 16.8. The van der Waals surface area contributed by atoms with Gasteiger partial charge < -0.3 is 10.1 Å². The van der Waals surface area contributed by atoms with Crippen LogP contribution in [0.5, 0.6) is 5.75 Å². The average molecular weight is 447 g/mol. The third-order valence-electron chi connectivity index (χ3n) is 4.66. The molecule has 3 aromatic rings. The summed E-state index contributed by atoms with van der Waals surface area (Å²) in [6, 6.07) is 17.6. The molecule has 0 unspecified atom stereocenters. The van der Waals surface area contributed by atoms with E-state index in [4.69, 9.17) is 16.3 Å². The summed E-state index contributed by atoms with van der Waals surface area (Å²) in [6.07, 6.45) is 0. The molecule has 0 saturated heterocycles. The number of halogens is 1. The predicted molar refractivity (Wildman–Crippen MR) is 120 cm³/mol. The molecule has 1 amide bonds. The van der Waals surface area contributed by atoms with Gasteiger partial charge in [-0.1, -0.05) is 61.8 Å². The maximum absolute atomic E-state index is 12.7. The molecular weight excluding hydrogens is 424 g/mol. The number of sulfonamides is 1. The fraction of sp³-hybridized carbons (Fsp3) is 0.227. The Balaban J connectivity index is 1.75. The maximum Gasteiger partial charge on any atom is 0.262 e. The number of benzene rings is 3. The number of nitrogens with zero attached hydrogens (tertiary/aromatic N) is 1. The highest BCUT2D eigenvalue weighted by atomic mass is 35.5. The summed E-state index contributed by atoms with van der Waals surface area (Å²) in [7, 11) is -3.66. The number of carbonyl (C=O) groups excluding carboxylic acids is 1. The number of hydrogen-bond acceptors (Lipinski definition) is 4. The lowest BCUT2D eigenvalue weighted by Crippen LogP contribution is -2.30. The van der Waals surface area contributed by atoms with Gasteiger partial charge in [-0.2, -0.15) is 4.31 Å². The highest BCUT2D eigenvalue weighted by Gasteiger charge is 2.23. The van der Waals surface area contributed by atoms with Crippen molar-refractivity contribution in [2.45, 2.75) is 18.7 Å². The average Bonchev–Trinajstić information content (AvgIpc) is 2.74. The third kappa shape index (κ3) is 4.75. The van der Waals surface area contributed by atoms with Crippen molar-refractivity contribution in [3.05, 3.63) is 65.7 Å². The van der Waals surface area contributed by atoms with Gasteiger partial charge in [0.2, 0.25) is 10.0 Å². The van der Waals surface area contributed by atoms with E-state index in [1.165, 1.54) is 22.5 Å². The first-order valence-electron chi connectivity index (χ1n) is 9.57. The van der Waals surface area contributed by atoms with Crippen molar-refractivity contribution in [1.82, 2.24) is 4.31 Å². The molecular formula is C22H23ClN2O4S. The van der Waals surface area contributed by atoms with E-state index < -0.39 is 15.9 Å². The molecule has 0 fully saturated rings. The molecule has 0 spiro atoms. The molecule has 0 aliphatic carbocycles. The van der Waals surface area contributed by atoms with Crippen LogP contribution in [-0.2, 0) is 14.8 Å². The van der Waals surface area contributed by atoms with Crippen LogP contribution < -0.4 is 10.1 Å². The van der Waals surface area contributed by atoms with Crippen molar-refractivity contribution in [2.24, 2.45) is 0 Å². The van der Waals surface area contributed by atoms with Gasteiger partial charge in [0.1, 0.15) is 5.75 Å². The van der Waals surface area contributed by atoms with Gasteiger partial charge in [0.05, 0.1) is 15.6 Å². The SMILES string of the molecule is CCN(CC)S(=O)(=O)c1ccc(Cl)c(NC(=O)COc2cccc3ccccc23)c1. The van der Waals surface area contributed by atoms with Gasteiger partial charge in [-0.15, -0.1) is 0 Å². The van der Waals surface area contributed by atoms with Crippen LogP contribution in [0.3, 0.4) is 0 Å². The highest BCUT2D eigenvalue weighted by Crippen LogP contribution is 2.28. The van der Waals surface area contributed by atoms with Gasteiger partial charge in [-0.3, -0.25) is 4.79 Å². The van der Waals surface area contributed by atoms with E-state index in [0.717, 1.165) is 10.8 Å². The Hall–Kier alpha value is -2.61. The van der Waals surface area contributed by atoms with Crippen LogP contribution in [0.25, 0.3) is 10.8 Å². The summed E-state index contributed by atoms with van der Waals surface area (Å²) in [5.41, 5.74) is 0.219. The normalized spacial score (nSPS) is 11.6. The quantitative estimate of drug-likeness (QED) is 0.551. The van der Waals surface area contributed by atoms with E-state index in [1.54, 1.807) is 19.9 Å². The Kier molecular flexibility index (Phi) is 6.97. The van der Waals surface area contributed by atoms with Gasteiger partial charge >= 0.3 is 0 Å². The Morgan fingerprint density at radius 3 is 2.47 bits per heavy atom. The summed E-state index contributed by atoms with van der Waals surface area (Å²) < 4.78 is 32.5. The number of nitrogens with one attached hydrogen (secondary N) is 1. The number of amides is 1. The van der Waals surface area contributed by atoms with E-state index in [0.29, 0.717) is 18.8 Å². The smallest absolute Gasteiger partial charge is 0.262 e. The molecule has 0 aliphatic rings. The van der Waals surface area contributed by atoms with Crippen LogP contribution in [0, 0.1) is 0 Å². The number of anilines is 1. The van der Waals surface area contributed by atoms with E-state index in [2.05, 4.69) is 5.32 Å².